The minimum Gasteiger partial charge on any atom is -0.398 e. The number of hydrogen-bond acceptors (Lipinski definition) is 4. The van der Waals surface area contributed by atoms with Crippen LogP contribution in [0.25, 0.3) is 0 Å². The fourth-order valence-electron chi connectivity index (χ4n) is 1.71. The van der Waals surface area contributed by atoms with Crippen molar-refractivity contribution >= 4 is 15.7 Å². The molecule has 4 N–H and O–H groups in total. The Morgan fingerprint density at radius 1 is 1.50 bits per heavy atom. The van der Waals surface area contributed by atoms with Gasteiger partial charge in [-0.3, -0.25) is 0 Å². The number of aliphatic hydroxyl groups is 1. The lowest BCUT2D eigenvalue weighted by Gasteiger charge is -2.12. The summed E-state index contributed by atoms with van der Waals surface area (Å²) in [6, 6.07) is 4.61. The fraction of sp³-hybridized carbons (Fsp3) is 0.500. The van der Waals surface area contributed by atoms with Gasteiger partial charge in [0.05, 0.1) is 11.0 Å². The third-order valence-electron chi connectivity index (χ3n) is 3.21. The Morgan fingerprint density at radius 2 is 2.17 bits per heavy atom. The largest absolute Gasteiger partial charge is 0.398 e. The summed E-state index contributed by atoms with van der Waals surface area (Å²) in [6.07, 6.45) is 1.35. The van der Waals surface area contributed by atoms with Crippen LogP contribution in [0.5, 0.6) is 0 Å². The summed E-state index contributed by atoms with van der Waals surface area (Å²) in [4.78, 5) is 0.133. The van der Waals surface area contributed by atoms with Crippen LogP contribution in [0, 0.1) is 12.8 Å². The van der Waals surface area contributed by atoms with Crippen molar-refractivity contribution in [1.29, 1.82) is 0 Å². The molecule has 1 aliphatic carbocycles. The van der Waals surface area contributed by atoms with E-state index in [1.165, 1.54) is 12.1 Å². The van der Waals surface area contributed by atoms with E-state index in [0.29, 0.717) is 5.69 Å². The highest BCUT2D eigenvalue weighted by atomic mass is 32.2. The second kappa shape index (κ2) is 4.87. The number of rotatable bonds is 5. The molecule has 0 aliphatic heterocycles. The number of hydrogen-bond donors (Lipinski definition) is 3. The summed E-state index contributed by atoms with van der Waals surface area (Å²) in [6.45, 7) is 1.87. The van der Waals surface area contributed by atoms with Gasteiger partial charge < -0.3 is 10.8 Å². The van der Waals surface area contributed by atoms with E-state index < -0.39 is 16.1 Å². The molecular formula is C12H18N2O3S. The van der Waals surface area contributed by atoms with E-state index in [9.17, 15) is 13.5 Å². The topological polar surface area (TPSA) is 92.4 Å². The number of aryl methyl sites for hydroxylation is 1. The third-order valence-corrected chi connectivity index (χ3v) is 4.63. The van der Waals surface area contributed by atoms with E-state index >= 15 is 0 Å². The zero-order chi connectivity index (χ0) is 13.3. The Balaban J connectivity index is 2.07. The van der Waals surface area contributed by atoms with Crippen molar-refractivity contribution in [3.05, 3.63) is 23.8 Å². The van der Waals surface area contributed by atoms with Crippen LogP contribution < -0.4 is 10.5 Å². The quantitative estimate of drug-likeness (QED) is 0.684. The molecule has 100 valence electrons. The van der Waals surface area contributed by atoms with Crippen LogP contribution in [0.15, 0.2) is 23.1 Å². The first kappa shape index (κ1) is 13.3. The normalized spacial score (nSPS) is 17.7. The van der Waals surface area contributed by atoms with Crippen molar-refractivity contribution in [2.24, 2.45) is 5.92 Å². The van der Waals surface area contributed by atoms with Gasteiger partial charge in [0.25, 0.3) is 0 Å². The molecule has 1 fully saturated rings. The van der Waals surface area contributed by atoms with Gasteiger partial charge in [-0.05, 0) is 43.4 Å². The average Bonchev–Trinajstić information content (AvgIpc) is 3.13. The van der Waals surface area contributed by atoms with Crippen molar-refractivity contribution < 1.29 is 13.5 Å². The maximum absolute atomic E-state index is 12.0. The zero-order valence-electron chi connectivity index (χ0n) is 10.3. The molecule has 1 aliphatic rings. The maximum atomic E-state index is 12.0. The number of anilines is 1. The molecule has 1 saturated carbocycles. The minimum absolute atomic E-state index is 0.0563. The maximum Gasteiger partial charge on any atom is 0.240 e. The lowest BCUT2D eigenvalue weighted by molar-refractivity contribution is 0.155. The first-order valence-electron chi connectivity index (χ1n) is 5.94. The molecule has 6 heteroatoms. The molecule has 0 saturated heterocycles. The van der Waals surface area contributed by atoms with Gasteiger partial charge >= 0.3 is 0 Å². The minimum atomic E-state index is -3.59. The lowest BCUT2D eigenvalue weighted by Crippen LogP contribution is -2.33. The van der Waals surface area contributed by atoms with Gasteiger partial charge in [0, 0.05) is 12.2 Å². The number of nitrogen functional groups attached to an aromatic ring is 1. The van der Waals surface area contributed by atoms with Gasteiger partial charge in [-0.2, -0.15) is 0 Å². The van der Waals surface area contributed by atoms with Crippen LogP contribution in [0.3, 0.4) is 0 Å². The molecule has 1 atom stereocenters. The van der Waals surface area contributed by atoms with E-state index in [1.807, 2.05) is 6.92 Å². The van der Waals surface area contributed by atoms with E-state index in [2.05, 4.69) is 4.72 Å². The number of aliphatic hydroxyl groups excluding tert-OH is 1. The van der Waals surface area contributed by atoms with E-state index in [0.717, 1.165) is 18.4 Å². The predicted molar refractivity (Wildman–Crippen MR) is 69.5 cm³/mol. The Kier molecular flexibility index (Phi) is 3.61. The van der Waals surface area contributed by atoms with E-state index in [1.54, 1.807) is 6.07 Å². The molecule has 0 amide bonds. The summed E-state index contributed by atoms with van der Waals surface area (Å²) in [7, 11) is -3.59. The molecule has 5 nitrogen and oxygen atoms in total. The van der Waals surface area contributed by atoms with Crippen LogP contribution in [0.4, 0.5) is 5.69 Å². The second-order valence-electron chi connectivity index (χ2n) is 4.78. The van der Waals surface area contributed by atoms with Crippen molar-refractivity contribution in [3.8, 4) is 0 Å². The van der Waals surface area contributed by atoms with Crippen LogP contribution in [-0.4, -0.2) is 26.2 Å². The van der Waals surface area contributed by atoms with Crippen LogP contribution in [-0.2, 0) is 10.0 Å². The molecule has 0 bridgehead atoms. The number of sulfonamides is 1. The van der Waals surface area contributed by atoms with Crippen LogP contribution in [0.2, 0.25) is 0 Å². The summed E-state index contributed by atoms with van der Waals surface area (Å²) in [5, 5.41) is 9.65. The number of nitrogens with one attached hydrogen (secondary N) is 1. The molecular weight excluding hydrogens is 252 g/mol. The zero-order valence-corrected chi connectivity index (χ0v) is 11.1. The SMILES string of the molecule is Cc1ccc(S(=O)(=O)NCC(O)C2CC2)cc1N. The number of nitrogens with two attached hydrogens (primary N) is 1. The van der Waals surface area contributed by atoms with Crippen molar-refractivity contribution in [1.82, 2.24) is 4.72 Å². The molecule has 0 radical (unpaired) electrons. The van der Waals surface area contributed by atoms with E-state index in [-0.39, 0.29) is 17.4 Å². The van der Waals surface area contributed by atoms with Gasteiger partial charge in [0.2, 0.25) is 10.0 Å². The fourth-order valence-corrected chi connectivity index (χ4v) is 2.80. The van der Waals surface area contributed by atoms with Crippen molar-refractivity contribution in [2.45, 2.75) is 30.8 Å². The monoisotopic (exact) mass is 270 g/mol. The van der Waals surface area contributed by atoms with Gasteiger partial charge in [-0.25, -0.2) is 13.1 Å². The molecule has 1 aromatic carbocycles. The average molecular weight is 270 g/mol. The highest BCUT2D eigenvalue weighted by Crippen LogP contribution is 2.32. The highest BCUT2D eigenvalue weighted by molar-refractivity contribution is 7.89. The van der Waals surface area contributed by atoms with Gasteiger partial charge in [-0.1, -0.05) is 6.07 Å². The summed E-state index contributed by atoms with van der Waals surface area (Å²) < 4.78 is 26.3. The standard InChI is InChI=1S/C12H18N2O3S/c1-8-2-5-10(6-11(8)13)18(16,17)14-7-12(15)9-3-4-9/h2,5-6,9,12,14-15H,3-4,7,13H2,1H3. The summed E-state index contributed by atoms with van der Waals surface area (Å²) >= 11 is 0. The Labute approximate surface area is 107 Å². The molecule has 18 heavy (non-hydrogen) atoms. The summed E-state index contributed by atoms with van der Waals surface area (Å²) in [5.74, 6) is 0.246. The number of benzene rings is 1. The van der Waals surface area contributed by atoms with Gasteiger partial charge in [0.1, 0.15) is 0 Å². The molecule has 1 unspecified atom stereocenters. The van der Waals surface area contributed by atoms with Crippen molar-refractivity contribution in [3.63, 3.8) is 0 Å². The Bertz CT molecular complexity index is 538. The molecule has 0 spiro atoms. The van der Waals surface area contributed by atoms with E-state index in [4.69, 9.17) is 5.73 Å². The molecule has 2 rings (SSSR count). The highest BCUT2D eigenvalue weighted by Gasteiger charge is 2.30. The van der Waals surface area contributed by atoms with Crippen molar-refractivity contribution in [2.75, 3.05) is 12.3 Å². The third kappa shape index (κ3) is 3.01. The lowest BCUT2D eigenvalue weighted by atomic mass is 10.2. The molecule has 0 heterocycles. The van der Waals surface area contributed by atoms with Crippen LogP contribution >= 0.6 is 0 Å². The van der Waals surface area contributed by atoms with Gasteiger partial charge in [0.15, 0.2) is 0 Å². The summed E-state index contributed by atoms with van der Waals surface area (Å²) in [5.41, 5.74) is 6.97. The van der Waals surface area contributed by atoms with Gasteiger partial charge in [-0.15, -0.1) is 0 Å². The van der Waals surface area contributed by atoms with Crippen LogP contribution in [0.1, 0.15) is 18.4 Å². The molecule has 1 aromatic rings. The Hall–Kier alpha value is -1.11. The second-order valence-corrected chi connectivity index (χ2v) is 6.54. The first-order valence-corrected chi connectivity index (χ1v) is 7.42. The Morgan fingerprint density at radius 3 is 2.72 bits per heavy atom. The first-order chi connectivity index (χ1) is 8.40. The molecule has 0 aromatic heterocycles. The predicted octanol–water partition coefficient (Wildman–Crippen LogP) is 0.626. The smallest absolute Gasteiger partial charge is 0.240 e.